The molecular weight excluding hydrogens is 254 g/mol. The molecule has 0 saturated carbocycles. The number of aromatic nitrogens is 1. The van der Waals surface area contributed by atoms with E-state index in [1.165, 1.54) is 4.90 Å². The number of nitrogens with zero attached hydrogens (tertiary/aromatic N) is 1. The molecule has 0 saturated heterocycles. The van der Waals surface area contributed by atoms with E-state index in [1.807, 2.05) is 25.1 Å². The van der Waals surface area contributed by atoms with E-state index < -0.39 is 5.91 Å². The number of H-pyrrole nitrogens is 1. The first-order chi connectivity index (χ1) is 9.63. The van der Waals surface area contributed by atoms with Crippen molar-refractivity contribution >= 4 is 22.7 Å². The highest BCUT2D eigenvalue weighted by Crippen LogP contribution is 2.19. The fourth-order valence-electron chi connectivity index (χ4n) is 2.23. The van der Waals surface area contributed by atoms with Gasteiger partial charge in [0.1, 0.15) is 0 Å². The summed E-state index contributed by atoms with van der Waals surface area (Å²) in [7, 11) is 0. The lowest BCUT2D eigenvalue weighted by Crippen LogP contribution is -2.39. The van der Waals surface area contributed by atoms with E-state index in [0.717, 1.165) is 23.7 Å². The summed E-state index contributed by atoms with van der Waals surface area (Å²) in [6.07, 6.45) is 3.60. The van der Waals surface area contributed by atoms with Crippen molar-refractivity contribution in [3.63, 3.8) is 0 Å². The van der Waals surface area contributed by atoms with Crippen LogP contribution in [0.2, 0.25) is 0 Å². The van der Waals surface area contributed by atoms with E-state index in [2.05, 4.69) is 4.98 Å². The zero-order chi connectivity index (χ0) is 14.5. The van der Waals surface area contributed by atoms with Gasteiger partial charge < -0.3 is 15.6 Å². The predicted octanol–water partition coefficient (Wildman–Crippen LogP) is 1.90. The van der Waals surface area contributed by atoms with Crippen molar-refractivity contribution in [3.05, 3.63) is 36.0 Å². The second-order valence-electron chi connectivity index (χ2n) is 4.79. The molecule has 0 spiro atoms. The van der Waals surface area contributed by atoms with E-state index >= 15 is 0 Å². The van der Waals surface area contributed by atoms with Crippen LogP contribution in [0.4, 0.5) is 0 Å². The predicted molar refractivity (Wildman–Crippen MR) is 78.3 cm³/mol. The molecule has 5 heteroatoms. The van der Waals surface area contributed by atoms with Crippen LogP contribution < -0.4 is 5.73 Å². The highest BCUT2D eigenvalue weighted by atomic mass is 16.2. The summed E-state index contributed by atoms with van der Waals surface area (Å²) in [4.78, 5) is 28.3. The smallest absolute Gasteiger partial charge is 0.255 e. The van der Waals surface area contributed by atoms with Crippen LogP contribution >= 0.6 is 0 Å². The Labute approximate surface area is 117 Å². The lowest BCUT2D eigenvalue weighted by Gasteiger charge is -2.21. The largest absolute Gasteiger partial charge is 0.368 e. The summed E-state index contributed by atoms with van der Waals surface area (Å²) < 4.78 is 0. The van der Waals surface area contributed by atoms with Crippen molar-refractivity contribution in [2.24, 2.45) is 5.73 Å². The molecule has 0 radical (unpaired) electrons. The molecule has 2 rings (SSSR count). The Hall–Kier alpha value is -2.30. The van der Waals surface area contributed by atoms with Gasteiger partial charge in [0.15, 0.2) is 0 Å². The Balaban J connectivity index is 2.30. The standard InChI is InChI=1S/C15H19N3O2/c1-2-3-9-18(10-14(16)19)15(20)12-5-4-6-13-11(12)7-8-17-13/h4-8,17H,2-3,9-10H2,1H3,(H2,16,19). The van der Waals surface area contributed by atoms with Gasteiger partial charge in [-0.25, -0.2) is 0 Å². The number of carbonyl (C=O) groups excluding carboxylic acids is 2. The number of hydrogen-bond donors (Lipinski definition) is 2. The quantitative estimate of drug-likeness (QED) is 0.843. The summed E-state index contributed by atoms with van der Waals surface area (Å²) in [5.74, 6) is -0.641. The van der Waals surface area contributed by atoms with Crippen LogP contribution in [-0.4, -0.2) is 34.8 Å². The Bertz CT molecular complexity index is 618. The number of nitrogens with two attached hydrogens (primary N) is 1. The third kappa shape index (κ3) is 2.99. The lowest BCUT2D eigenvalue weighted by molar-refractivity contribution is -0.118. The summed E-state index contributed by atoms with van der Waals surface area (Å²) in [5, 5.41) is 0.864. The molecule has 3 N–H and O–H groups in total. The number of nitrogens with one attached hydrogen (secondary N) is 1. The minimum atomic E-state index is -0.490. The Kier molecular flexibility index (Phi) is 4.40. The minimum absolute atomic E-state index is 0.0420. The van der Waals surface area contributed by atoms with Crippen LogP contribution in [0.25, 0.3) is 10.9 Å². The van der Waals surface area contributed by atoms with E-state index in [1.54, 1.807) is 12.3 Å². The molecule has 106 valence electrons. The molecule has 2 aromatic rings. The van der Waals surface area contributed by atoms with Crippen molar-refractivity contribution in [3.8, 4) is 0 Å². The number of rotatable bonds is 6. The van der Waals surface area contributed by atoms with Gasteiger partial charge in [0.25, 0.3) is 5.91 Å². The number of amides is 2. The van der Waals surface area contributed by atoms with E-state index in [4.69, 9.17) is 5.73 Å². The van der Waals surface area contributed by atoms with Crippen molar-refractivity contribution in [1.82, 2.24) is 9.88 Å². The van der Waals surface area contributed by atoms with Crippen LogP contribution in [0.5, 0.6) is 0 Å². The second kappa shape index (κ2) is 6.23. The van der Waals surface area contributed by atoms with Gasteiger partial charge in [-0.2, -0.15) is 0 Å². The van der Waals surface area contributed by atoms with Gasteiger partial charge in [-0.3, -0.25) is 9.59 Å². The average molecular weight is 273 g/mol. The topological polar surface area (TPSA) is 79.2 Å². The minimum Gasteiger partial charge on any atom is -0.368 e. The molecule has 2 amide bonds. The summed E-state index contributed by atoms with van der Waals surface area (Å²) in [5.41, 5.74) is 6.74. The van der Waals surface area contributed by atoms with Crippen LogP contribution in [0.3, 0.4) is 0 Å². The number of primary amides is 1. The van der Waals surface area contributed by atoms with E-state index in [-0.39, 0.29) is 12.5 Å². The molecule has 0 fully saturated rings. The molecule has 0 aliphatic heterocycles. The van der Waals surface area contributed by atoms with Gasteiger partial charge in [0, 0.05) is 29.2 Å². The first kappa shape index (κ1) is 14.1. The van der Waals surface area contributed by atoms with E-state index in [9.17, 15) is 9.59 Å². The summed E-state index contributed by atoms with van der Waals surface area (Å²) in [6.45, 7) is 2.54. The molecule has 0 aliphatic rings. The third-order valence-electron chi connectivity index (χ3n) is 3.24. The van der Waals surface area contributed by atoms with Crippen molar-refractivity contribution in [2.75, 3.05) is 13.1 Å². The monoisotopic (exact) mass is 273 g/mol. The molecule has 1 aromatic carbocycles. The molecular formula is C15H19N3O2. The highest BCUT2D eigenvalue weighted by molar-refractivity contribution is 6.07. The fourth-order valence-corrected chi connectivity index (χ4v) is 2.23. The highest BCUT2D eigenvalue weighted by Gasteiger charge is 2.19. The van der Waals surface area contributed by atoms with Gasteiger partial charge in [-0.1, -0.05) is 19.4 Å². The zero-order valence-electron chi connectivity index (χ0n) is 11.6. The maximum absolute atomic E-state index is 12.6. The Morgan fingerprint density at radius 3 is 2.80 bits per heavy atom. The van der Waals surface area contributed by atoms with Gasteiger partial charge in [0.05, 0.1) is 6.54 Å². The maximum atomic E-state index is 12.6. The Morgan fingerprint density at radius 1 is 1.30 bits per heavy atom. The molecule has 0 unspecified atom stereocenters. The first-order valence-corrected chi connectivity index (χ1v) is 6.77. The maximum Gasteiger partial charge on any atom is 0.255 e. The second-order valence-corrected chi connectivity index (χ2v) is 4.79. The van der Waals surface area contributed by atoms with Crippen LogP contribution in [0.15, 0.2) is 30.5 Å². The summed E-state index contributed by atoms with van der Waals surface area (Å²) >= 11 is 0. The average Bonchev–Trinajstić information content (AvgIpc) is 2.90. The zero-order valence-corrected chi connectivity index (χ0v) is 11.6. The fraction of sp³-hybridized carbons (Fsp3) is 0.333. The van der Waals surface area contributed by atoms with Crippen molar-refractivity contribution in [1.29, 1.82) is 0 Å². The molecule has 1 aromatic heterocycles. The molecule has 0 aliphatic carbocycles. The van der Waals surface area contributed by atoms with Crippen molar-refractivity contribution in [2.45, 2.75) is 19.8 Å². The van der Waals surface area contributed by atoms with Crippen LogP contribution in [0, 0.1) is 0 Å². The number of fused-ring (bicyclic) bond motifs is 1. The van der Waals surface area contributed by atoms with Crippen LogP contribution in [-0.2, 0) is 4.79 Å². The number of carbonyl (C=O) groups is 2. The molecule has 1 heterocycles. The number of unbranched alkanes of at least 4 members (excludes halogenated alkanes) is 1. The molecule has 0 atom stereocenters. The number of aromatic amines is 1. The lowest BCUT2D eigenvalue weighted by atomic mass is 10.1. The number of benzene rings is 1. The van der Waals surface area contributed by atoms with Gasteiger partial charge in [-0.05, 0) is 24.6 Å². The van der Waals surface area contributed by atoms with Gasteiger partial charge >= 0.3 is 0 Å². The number of hydrogen-bond acceptors (Lipinski definition) is 2. The van der Waals surface area contributed by atoms with Crippen LogP contribution in [0.1, 0.15) is 30.1 Å². The third-order valence-corrected chi connectivity index (χ3v) is 3.24. The summed E-state index contributed by atoms with van der Waals surface area (Å²) in [6, 6.07) is 7.38. The van der Waals surface area contributed by atoms with Crippen molar-refractivity contribution < 1.29 is 9.59 Å². The normalized spacial score (nSPS) is 10.7. The van der Waals surface area contributed by atoms with Gasteiger partial charge in [-0.15, -0.1) is 0 Å². The molecule has 5 nitrogen and oxygen atoms in total. The first-order valence-electron chi connectivity index (χ1n) is 6.77. The molecule has 0 bridgehead atoms. The van der Waals surface area contributed by atoms with E-state index in [0.29, 0.717) is 12.1 Å². The Morgan fingerprint density at radius 2 is 2.10 bits per heavy atom. The van der Waals surface area contributed by atoms with Gasteiger partial charge in [0.2, 0.25) is 5.91 Å². The molecule has 20 heavy (non-hydrogen) atoms. The SMILES string of the molecule is CCCCN(CC(N)=O)C(=O)c1cccc2[nH]ccc12.